The van der Waals surface area contributed by atoms with E-state index in [9.17, 15) is 0 Å². The highest BCUT2D eigenvalue weighted by atomic mass is 15.1. The maximum atomic E-state index is 8.57. The third-order valence-electron chi connectivity index (χ3n) is 2.42. The molecule has 5 nitrogen and oxygen atoms in total. The van der Waals surface area contributed by atoms with E-state index in [1.807, 2.05) is 6.07 Å². The van der Waals surface area contributed by atoms with Crippen LogP contribution in [0.15, 0.2) is 12.4 Å². The normalized spacial score (nSPS) is 20.6. The SMILES string of the molecule is N#Cc1cnc(NC2CCCNC2)cn1. The van der Waals surface area contributed by atoms with Crippen LogP contribution in [0.2, 0.25) is 0 Å². The van der Waals surface area contributed by atoms with Crippen LogP contribution in [0, 0.1) is 11.3 Å². The molecule has 2 heterocycles. The molecule has 1 saturated heterocycles. The second-order valence-electron chi connectivity index (χ2n) is 3.59. The van der Waals surface area contributed by atoms with Crippen molar-refractivity contribution in [1.29, 1.82) is 5.26 Å². The summed E-state index contributed by atoms with van der Waals surface area (Å²) in [4.78, 5) is 8.08. The van der Waals surface area contributed by atoms with E-state index in [0.717, 1.165) is 25.3 Å². The van der Waals surface area contributed by atoms with Crippen molar-refractivity contribution in [1.82, 2.24) is 15.3 Å². The Kier molecular flexibility index (Phi) is 3.10. The summed E-state index contributed by atoms with van der Waals surface area (Å²) >= 11 is 0. The first-order chi connectivity index (χ1) is 7.38. The molecular formula is C10H13N5. The van der Waals surface area contributed by atoms with E-state index in [4.69, 9.17) is 5.26 Å². The number of aromatic nitrogens is 2. The lowest BCUT2D eigenvalue weighted by atomic mass is 10.1. The lowest BCUT2D eigenvalue weighted by molar-refractivity contribution is 0.479. The number of piperidine rings is 1. The van der Waals surface area contributed by atoms with Crippen molar-refractivity contribution in [3.63, 3.8) is 0 Å². The third-order valence-corrected chi connectivity index (χ3v) is 2.42. The maximum absolute atomic E-state index is 8.57. The van der Waals surface area contributed by atoms with Gasteiger partial charge in [0, 0.05) is 12.6 Å². The van der Waals surface area contributed by atoms with Crippen molar-refractivity contribution in [2.24, 2.45) is 0 Å². The van der Waals surface area contributed by atoms with E-state index in [0.29, 0.717) is 11.7 Å². The van der Waals surface area contributed by atoms with Gasteiger partial charge in [0.1, 0.15) is 11.9 Å². The molecule has 2 N–H and O–H groups in total. The molecule has 1 unspecified atom stereocenters. The Labute approximate surface area is 88.5 Å². The fourth-order valence-corrected chi connectivity index (χ4v) is 1.64. The van der Waals surface area contributed by atoms with Gasteiger partial charge in [0.05, 0.1) is 12.4 Å². The minimum atomic E-state index is 0.349. The molecule has 0 amide bonds. The van der Waals surface area contributed by atoms with Crippen molar-refractivity contribution < 1.29 is 0 Å². The summed E-state index contributed by atoms with van der Waals surface area (Å²) in [5.41, 5.74) is 0.349. The Morgan fingerprint density at radius 2 is 2.40 bits per heavy atom. The second-order valence-corrected chi connectivity index (χ2v) is 3.59. The summed E-state index contributed by atoms with van der Waals surface area (Å²) in [5.74, 6) is 0.739. The molecule has 0 aliphatic carbocycles. The average molecular weight is 203 g/mol. The van der Waals surface area contributed by atoms with Gasteiger partial charge in [-0.2, -0.15) is 5.26 Å². The van der Waals surface area contributed by atoms with Gasteiger partial charge in [-0.25, -0.2) is 9.97 Å². The molecule has 1 fully saturated rings. The Morgan fingerprint density at radius 1 is 1.47 bits per heavy atom. The lowest BCUT2D eigenvalue weighted by Crippen LogP contribution is -2.38. The highest BCUT2D eigenvalue weighted by molar-refractivity contribution is 5.34. The maximum Gasteiger partial charge on any atom is 0.158 e. The number of rotatable bonds is 2. The second kappa shape index (κ2) is 4.71. The van der Waals surface area contributed by atoms with Gasteiger partial charge in [-0.15, -0.1) is 0 Å². The van der Waals surface area contributed by atoms with Crippen LogP contribution < -0.4 is 10.6 Å². The predicted octanol–water partition coefficient (Wildman–Crippen LogP) is 0.512. The smallest absolute Gasteiger partial charge is 0.158 e. The highest BCUT2D eigenvalue weighted by Gasteiger charge is 2.12. The molecule has 0 aromatic carbocycles. The molecule has 78 valence electrons. The van der Waals surface area contributed by atoms with E-state index < -0.39 is 0 Å². The Bertz CT molecular complexity index is 347. The molecular weight excluding hydrogens is 190 g/mol. The minimum absolute atomic E-state index is 0.349. The summed E-state index contributed by atoms with van der Waals surface area (Å²) in [6.45, 7) is 2.05. The number of nitrogens with zero attached hydrogens (tertiary/aromatic N) is 3. The zero-order chi connectivity index (χ0) is 10.5. The third kappa shape index (κ3) is 2.64. The summed E-state index contributed by atoms with van der Waals surface area (Å²) < 4.78 is 0. The molecule has 0 saturated carbocycles. The van der Waals surface area contributed by atoms with Gasteiger partial charge in [0.15, 0.2) is 5.69 Å². The van der Waals surface area contributed by atoms with Crippen LogP contribution in [0.5, 0.6) is 0 Å². The number of hydrogen-bond acceptors (Lipinski definition) is 5. The predicted molar refractivity (Wildman–Crippen MR) is 56.3 cm³/mol. The molecule has 1 aliphatic heterocycles. The monoisotopic (exact) mass is 203 g/mol. The fraction of sp³-hybridized carbons (Fsp3) is 0.500. The molecule has 15 heavy (non-hydrogen) atoms. The van der Waals surface area contributed by atoms with E-state index >= 15 is 0 Å². The first-order valence-corrected chi connectivity index (χ1v) is 5.08. The largest absolute Gasteiger partial charge is 0.365 e. The number of hydrogen-bond donors (Lipinski definition) is 2. The standard InChI is InChI=1S/C10H13N5/c11-4-9-6-14-10(7-13-9)15-8-2-1-3-12-5-8/h6-8,12H,1-3,5H2,(H,14,15). The number of nitriles is 1. The quantitative estimate of drug-likeness (QED) is 0.732. The van der Waals surface area contributed by atoms with Crippen molar-refractivity contribution >= 4 is 5.82 Å². The van der Waals surface area contributed by atoms with E-state index in [-0.39, 0.29) is 0 Å². The molecule has 0 bridgehead atoms. The van der Waals surface area contributed by atoms with Crippen LogP contribution in [-0.4, -0.2) is 29.1 Å². The van der Waals surface area contributed by atoms with Gasteiger partial charge in [0.2, 0.25) is 0 Å². The van der Waals surface area contributed by atoms with Gasteiger partial charge in [-0.05, 0) is 19.4 Å². The van der Waals surface area contributed by atoms with Crippen molar-refractivity contribution in [3.05, 3.63) is 18.1 Å². The van der Waals surface area contributed by atoms with Gasteiger partial charge in [-0.3, -0.25) is 0 Å². The van der Waals surface area contributed by atoms with Crippen LogP contribution in [0.4, 0.5) is 5.82 Å². The molecule has 2 rings (SSSR count). The van der Waals surface area contributed by atoms with Crippen molar-refractivity contribution in [2.75, 3.05) is 18.4 Å². The van der Waals surface area contributed by atoms with Crippen LogP contribution in [0.25, 0.3) is 0 Å². The number of anilines is 1. The molecule has 0 spiro atoms. The average Bonchev–Trinajstić information content (AvgIpc) is 2.31. The first-order valence-electron chi connectivity index (χ1n) is 5.08. The van der Waals surface area contributed by atoms with E-state index in [1.165, 1.54) is 12.6 Å². The number of nitrogens with one attached hydrogen (secondary N) is 2. The highest BCUT2D eigenvalue weighted by Crippen LogP contribution is 2.08. The lowest BCUT2D eigenvalue weighted by Gasteiger charge is -2.23. The summed E-state index contributed by atoms with van der Waals surface area (Å²) in [6.07, 6.45) is 5.42. The Balaban J connectivity index is 1.95. The zero-order valence-electron chi connectivity index (χ0n) is 8.40. The molecule has 0 radical (unpaired) electrons. The fourth-order valence-electron chi connectivity index (χ4n) is 1.64. The van der Waals surface area contributed by atoms with Crippen LogP contribution in [0.3, 0.4) is 0 Å². The van der Waals surface area contributed by atoms with Crippen LogP contribution >= 0.6 is 0 Å². The summed E-state index contributed by atoms with van der Waals surface area (Å²) in [5, 5.41) is 15.2. The summed E-state index contributed by atoms with van der Waals surface area (Å²) in [6, 6.07) is 2.36. The Hall–Kier alpha value is -1.67. The molecule has 5 heteroatoms. The topological polar surface area (TPSA) is 73.6 Å². The van der Waals surface area contributed by atoms with Crippen molar-refractivity contribution in [3.8, 4) is 6.07 Å². The van der Waals surface area contributed by atoms with Crippen LogP contribution in [0.1, 0.15) is 18.5 Å². The van der Waals surface area contributed by atoms with Gasteiger partial charge in [0.25, 0.3) is 0 Å². The van der Waals surface area contributed by atoms with E-state index in [1.54, 1.807) is 6.20 Å². The molecule has 1 aromatic heterocycles. The first kappa shape index (κ1) is 9.87. The van der Waals surface area contributed by atoms with Crippen molar-refractivity contribution in [2.45, 2.75) is 18.9 Å². The van der Waals surface area contributed by atoms with Gasteiger partial charge in [-0.1, -0.05) is 0 Å². The minimum Gasteiger partial charge on any atom is -0.365 e. The van der Waals surface area contributed by atoms with Gasteiger partial charge >= 0.3 is 0 Å². The Morgan fingerprint density at radius 3 is 3.00 bits per heavy atom. The van der Waals surface area contributed by atoms with Gasteiger partial charge < -0.3 is 10.6 Å². The zero-order valence-corrected chi connectivity index (χ0v) is 8.40. The molecule has 1 aliphatic rings. The summed E-state index contributed by atoms with van der Waals surface area (Å²) in [7, 11) is 0. The molecule has 1 aromatic rings. The molecule has 1 atom stereocenters. The van der Waals surface area contributed by atoms with E-state index in [2.05, 4.69) is 20.6 Å². The van der Waals surface area contributed by atoms with Crippen LogP contribution in [-0.2, 0) is 0 Å².